The number of aliphatic imine (C=N–C) groups is 1. The van der Waals surface area contributed by atoms with Crippen LogP contribution in [0.4, 0.5) is 10.1 Å². The molecule has 2 aliphatic heterocycles. The second-order valence-corrected chi connectivity index (χ2v) is 10.2. The van der Waals surface area contributed by atoms with Gasteiger partial charge in [0.25, 0.3) is 5.91 Å². The molecule has 2 atom stereocenters. The summed E-state index contributed by atoms with van der Waals surface area (Å²) in [5.41, 5.74) is 4.39. The number of carbonyl (C=O) groups excluding carboxylic acids is 2. The third-order valence-corrected chi connectivity index (χ3v) is 7.33. The van der Waals surface area contributed by atoms with Crippen molar-refractivity contribution in [1.82, 2.24) is 5.01 Å². The number of rotatable bonds is 5. The summed E-state index contributed by atoms with van der Waals surface area (Å²) < 4.78 is 13.6. The number of nitrogens with zero attached hydrogens (tertiary/aromatic N) is 3. The van der Waals surface area contributed by atoms with Crippen LogP contribution in [0, 0.1) is 12.7 Å². The molecule has 6 nitrogen and oxygen atoms in total. The van der Waals surface area contributed by atoms with Crippen molar-refractivity contribution in [3.8, 4) is 0 Å². The first-order valence-electron chi connectivity index (χ1n) is 11.4. The minimum atomic E-state index is -0.660. The molecule has 1 N–H and O–H groups in total. The molecule has 2 heterocycles. The minimum Gasteiger partial charge on any atom is -0.326 e. The van der Waals surface area contributed by atoms with Gasteiger partial charge in [0.2, 0.25) is 5.91 Å². The third kappa shape index (κ3) is 5.34. The zero-order chi connectivity index (χ0) is 25.2. The average Bonchev–Trinajstić information content (AvgIpc) is 3.44. The van der Waals surface area contributed by atoms with E-state index in [0.717, 1.165) is 22.4 Å². The van der Waals surface area contributed by atoms with Gasteiger partial charge in [0.1, 0.15) is 11.1 Å². The summed E-state index contributed by atoms with van der Waals surface area (Å²) in [4.78, 5) is 29.6. The van der Waals surface area contributed by atoms with Crippen molar-refractivity contribution < 1.29 is 14.0 Å². The lowest BCUT2D eigenvalue weighted by Gasteiger charge is -2.23. The molecule has 0 saturated heterocycles. The number of amides is 2. The number of nitrogens with one attached hydrogen (secondary N) is 1. The smallest absolute Gasteiger partial charge is 0.262 e. The zero-order valence-corrected chi connectivity index (χ0v) is 20.9. The van der Waals surface area contributed by atoms with Crippen LogP contribution in [-0.2, 0) is 9.59 Å². The van der Waals surface area contributed by atoms with Gasteiger partial charge in [0.05, 0.1) is 11.8 Å². The highest BCUT2D eigenvalue weighted by Crippen LogP contribution is 2.38. The Morgan fingerprint density at radius 1 is 1.14 bits per heavy atom. The van der Waals surface area contributed by atoms with Crippen molar-refractivity contribution in [3.63, 3.8) is 0 Å². The first kappa shape index (κ1) is 24.2. The monoisotopic (exact) mass is 520 g/mol. The molecule has 0 radical (unpaired) electrons. The Bertz CT molecular complexity index is 1380. The van der Waals surface area contributed by atoms with E-state index in [2.05, 4.69) is 10.3 Å². The van der Waals surface area contributed by atoms with Gasteiger partial charge < -0.3 is 5.32 Å². The van der Waals surface area contributed by atoms with Gasteiger partial charge in [-0.2, -0.15) is 10.1 Å². The van der Waals surface area contributed by atoms with Crippen molar-refractivity contribution in [1.29, 1.82) is 0 Å². The second kappa shape index (κ2) is 10.2. The summed E-state index contributed by atoms with van der Waals surface area (Å²) in [7, 11) is 0. The molecule has 0 fully saturated rings. The van der Waals surface area contributed by atoms with Gasteiger partial charge in [-0.1, -0.05) is 71.4 Å². The van der Waals surface area contributed by atoms with Crippen LogP contribution in [0.3, 0.4) is 0 Å². The number of hydrogen-bond donors (Lipinski definition) is 1. The molecular formula is C27H22ClFN4O2S. The zero-order valence-electron chi connectivity index (χ0n) is 19.3. The van der Waals surface area contributed by atoms with Crippen molar-refractivity contribution in [2.24, 2.45) is 10.1 Å². The number of amidine groups is 1. The number of aryl methyl sites for hydroxylation is 1. The highest BCUT2D eigenvalue weighted by molar-refractivity contribution is 8.15. The molecule has 0 saturated carbocycles. The van der Waals surface area contributed by atoms with Crippen LogP contribution in [0.1, 0.15) is 35.6 Å². The lowest BCUT2D eigenvalue weighted by molar-refractivity contribution is -0.121. The molecule has 0 aliphatic carbocycles. The molecule has 3 aromatic rings. The van der Waals surface area contributed by atoms with Crippen molar-refractivity contribution in [2.45, 2.75) is 31.1 Å². The van der Waals surface area contributed by atoms with Crippen molar-refractivity contribution >= 4 is 51.7 Å². The van der Waals surface area contributed by atoms with Crippen molar-refractivity contribution in [3.05, 3.63) is 100 Å². The van der Waals surface area contributed by atoms with Crippen LogP contribution >= 0.6 is 23.4 Å². The van der Waals surface area contributed by atoms with Gasteiger partial charge >= 0.3 is 0 Å². The Hall–Kier alpha value is -3.49. The Kier molecular flexibility index (Phi) is 6.89. The van der Waals surface area contributed by atoms with Crippen LogP contribution in [0.5, 0.6) is 0 Å². The Balaban J connectivity index is 1.35. The lowest BCUT2D eigenvalue weighted by atomic mass is 9.98. The predicted molar refractivity (Wildman–Crippen MR) is 142 cm³/mol. The number of benzene rings is 3. The number of thioether (sulfide) groups is 1. The topological polar surface area (TPSA) is 74.1 Å². The van der Waals surface area contributed by atoms with Gasteiger partial charge in [0.15, 0.2) is 5.17 Å². The number of anilines is 1. The summed E-state index contributed by atoms with van der Waals surface area (Å²) in [6, 6.07) is 20.9. The molecule has 2 amide bonds. The summed E-state index contributed by atoms with van der Waals surface area (Å²) >= 11 is 7.20. The number of halogens is 2. The first-order chi connectivity index (χ1) is 17.4. The summed E-state index contributed by atoms with van der Waals surface area (Å²) in [6.07, 6.45) is 0.537. The van der Waals surface area contributed by atoms with Gasteiger partial charge in [0, 0.05) is 23.6 Å². The SMILES string of the molecule is Cc1ccc(C2=NN(C3=NC(=O)[C@H](CC(=O)Nc4cccc(Cl)c4)S3)[C@@H](c3ccc(F)cc3)C2)cc1. The van der Waals surface area contributed by atoms with E-state index in [9.17, 15) is 14.0 Å². The van der Waals surface area contributed by atoms with E-state index in [0.29, 0.717) is 22.3 Å². The van der Waals surface area contributed by atoms with Gasteiger partial charge in [-0.15, -0.1) is 0 Å². The highest BCUT2D eigenvalue weighted by Gasteiger charge is 2.39. The van der Waals surface area contributed by atoms with E-state index < -0.39 is 5.25 Å². The summed E-state index contributed by atoms with van der Waals surface area (Å²) in [5, 5.41) is 9.58. The quantitative estimate of drug-likeness (QED) is 0.450. The third-order valence-electron chi connectivity index (χ3n) is 5.95. The van der Waals surface area contributed by atoms with Crippen LogP contribution in [0.15, 0.2) is 82.9 Å². The van der Waals surface area contributed by atoms with Gasteiger partial charge in [-0.05, 0) is 48.4 Å². The largest absolute Gasteiger partial charge is 0.326 e. The molecule has 0 spiro atoms. The van der Waals surface area contributed by atoms with Gasteiger partial charge in [-0.3, -0.25) is 9.59 Å². The van der Waals surface area contributed by atoms with E-state index >= 15 is 0 Å². The van der Waals surface area contributed by atoms with Crippen LogP contribution < -0.4 is 5.32 Å². The van der Waals surface area contributed by atoms with Crippen molar-refractivity contribution in [2.75, 3.05) is 5.32 Å². The Morgan fingerprint density at radius 3 is 2.61 bits per heavy atom. The average molecular weight is 521 g/mol. The maximum atomic E-state index is 13.6. The molecular weight excluding hydrogens is 499 g/mol. The predicted octanol–water partition coefficient (Wildman–Crippen LogP) is 5.97. The van der Waals surface area contributed by atoms with E-state index in [1.807, 2.05) is 31.2 Å². The molecule has 182 valence electrons. The fourth-order valence-corrected chi connectivity index (χ4v) is 5.35. The van der Waals surface area contributed by atoms with Crippen LogP contribution in [0.2, 0.25) is 5.02 Å². The number of hydrogen-bond acceptors (Lipinski definition) is 5. The Labute approximate surface area is 217 Å². The maximum Gasteiger partial charge on any atom is 0.262 e. The van der Waals surface area contributed by atoms with Crippen LogP contribution in [0.25, 0.3) is 0 Å². The number of carbonyl (C=O) groups is 2. The number of hydrazone groups is 1. The molecule has 2 aliphatic rings. The molecule has 36 heavy (non-hydrogen) atoms. The second-order valence-electron chi connectivity index (χ2n) is 8.63. The Morgan fingerprint density at radius 2 is 1.89 bits per heavy atom. The summed E-state index contributed by atoms with van der Waals surface area (Å²) in [5.74, 6) is -1.01. The first-order valence-corrected chi connectivity index (χ1v) is 12.7. The van der Waals surface area contributed by atoms with E-state index in [4.69, 9.17) is 16.7 Å². The van der Waals surface area contributed by atoms with E-state index in [1.165, 1.54) is 23.9 Å². The molecule has 0 bridgehead atoms. The molecule has 3 aromatic carbocycles. The molecule has 0 aromatic heterocycles. The fourth-order valence-electron chi connectivity index (χ4n) is 4.10. The normalized spacial score (nSPS) is 19.3. The van der Waals surface area contributed by atoms with Gasteiger partial charge in [-0.25, -0.2) is 9.40 Å². The molecule has 9 heteroatoms. The fraction of sp³-hybridized carbons (Fsp3) is 0.185. The van der Waals surface area contributed by atoms with Crippen LogP contribution in [-0.4, -0.2) is 33.0 Å². The highest BCUT2D eigenvalue weighted by atomic mass is 35.5. The molecule has 5 rings (SSSR count). The summed E-state index contributed by atoms with van der Waals surface area (Å²) in [6.45, 7) is 2.02. The maximum absolute atomic E-state index is 13.6. The molecule has 0 unspecified atom stereocenters. The standard InChI is InChI=1S/C27H22ClFN4O2S/c1-16-5-7-17(8-6-16)22-14-23(18-9-11-20(29)12-10-18)33(32-22)27-31-26(35)24(36-27)15-25(34)30-21-4-2-3-19(28)13-21/h2-13,23-24H,14-15H2,1H3,(H,30,34)/t23-,24+/m1/s1. The lowest BCUT2D eigenvalue weighted by Crippen LogP contribution is -2.25. The van der Waals surface area contributed by atoms with E-state index in [1.54, 1.807) is 41.4 Å². The minimum absolute atomic E-state index is 0.0351. The van der Waals surface area contributed by atoms with E-state index in [-0.39, 0.29) is 30.1 Å².